The minimum atomic E-state index is -4.66. The van der Waals surface area contributed by atoms with Gasteiger partial charge in [-0.1, -0.05) is 6.07 Å². The fourth-order valence-electron chi connectivity index (χ4n) is 1.43. The van der Waals surface area contributed by atoms with Gasteiger partial charge in [-0.3, -0.25) is 4.72 Å². The summed E-state index contributed by atoms with van der Waals surface area (Å²) >= 11 is 0. The molecule has 5 nitrogen and oxygen atoms in total. The molecular weight excluding hydrogens is 406 g/mol. The van der Waals surface area contributed by atoms with E-state index in [4.69, 9.17) is 5.14 Å². The van der Waals surface area contributed by atoms with Gasteiger partial charge in [0.05, 0.1) is 5.69 Å². The number of fused-ring (bicyclic) bond motifs is 1. The van der Waals surface area contributed by atoms with Crippen molar-refractivity contribution < 1.29 is 94.9 Å². The van der Waals surface area contributed by atoms with Crippen LogP contribution in [0, 0.1) is 0 Å². The van der Waals surface area contributed by atoms with E-state index in [1.165, 1.54) is 18.2 Å². The number of hydrogen-bond donors (Lipinski definition) is 1. The predicted octanol–water partition coefficient (Wildman–Crippen LogP) is 0.165. The first-order valence-corrected chi connectivity index (χ1v) is 6.02. The Morgan fingerprint density at radius 3 is 2.42 bits per heavy atom. The molecule has 0 amide bonds. The van der Waals surface area contributed by atoms with E-state index in [1.54, 1.807) is 4.72 Å². The zero-order valence-electron chi connectivity index (χ0n) is 9.58. The van der Waals surface area contributed by atoms with Crippen LogP contribution in [0.5, 0.6) is 0 Å². The van der Waals surface area contributed by atoms with Crippen molar-refractivity contribution in [1.82, 2.24) is 0 Å². The van der Waals surface area contributed by atoms with Crippen LogP contribution in [-0.4, -0.2) is 8.42 Å². The second kappa shape index (κ2) is 5.97. The molecule has 19 heavy (non-hydrogen) atoms. The SMILES string of the molecule is [Cs+].[NH-]S(=O)(=O)Nc1cccc2oc(C(F)(F)F)cc12. The maximum Gasteiger partial charge on any atom is 1.00 e. The largest absolute Gasteiger partial charge is 1.00 e. The minimum absolute atomic E-state index is 0. The molecular formula is C9H6CsF3N2O3S. The smallest absolute Gasteiger partial charge is 0.546 e. The van der Waals surface area contributed by atoms with E-state index in [-0.39, 0.29) is 85.6 Å². The topological polar surface area (TPSA) is 83.1 Å². The molecule has 0 unspecified atom stereocenters. The van der Waals surface area contributed by atoms with Crippen LogP contribution in [0.4, 0.5) is 18.9 Å². The van der Waals surface area contributed by atoms with Crippen LogP contribution in [0.2, 0.25) is 0 Å². The minimum Gasteiger partial charge on any atom is -0.546 e. The van der Waals surface area contributed by atoms with Gasteiger partial charge in [0.15, 0.2) is 10.2 Å². The number of furan rings is 1. The number of halogens is 3. The number of anilines is 1. The summed E-state index contributed by atoms with van der Waals surface area (Å²) in [6.07, 6.45) is -4.66. The van der Waals surface area contributed by atoms with Crippen molar-refractivity contribution in [3.8, 4) is 0 Å². The van der Waals surface area contributed by atoms with Gasteiger partial charge in [-0.15, -0.1) is 0 Å². The molecule has 0 bridgehead atoms. The van der Waals surface area contributed by atoms with Gasteiger partial charge in [0, 0.05) is 5.39 Å². The van der Waals surface area contributed by atoms with Gasteiger partial charge in [-0.05, 0) is 18.2 Å². The van der Waals surface area contributed by atoms with Crippen molar-refractivity contribution >= 4 is 26.9 Å². The molecule has 0 saturated carbocycles. The standard InChI is InChI=1S/C9H6F3N2O3S.Cs/c10-9(11,12)8-4-5-6(14-18(13,15)16)2-1-3-7(5)17-8;/h1-4,14H,(H-,13,15,16);/q-1;+1. The summed E-state index contributed by atoms with van der Waals surface area (Å²) in [5.74, 6) is -1.23. The Labute approximate surface area is 165 Å². The number of hydrogen-bond acceptors (Lipinski definition) is 3. The molecule has 0 saturated heterocycles. The zero-order valence-corrected chi connectivity index (χ0v) is 16.7. The van der Waals surface area contributed by atoms with Crippen molar-refractivity contribution in [2.45, 2.75) is 6.18 Å². The second-order valence-corrected chi connectivity index (χ2v) is 4.64. The molecule has 0 radical (unpaired) electrons. The van der Waals surface area contributed by atoms with Crippen LogP contribution in [0.25, 0.3) is 16.1 Å². The Morgan fingerprint density at radius 2 is 1.89 bits per heavy atom. The second-order valence-electron chi connectivity index (χ2n) is 3.43. The van der Waals surface area contributed by atoms with Gasteiger partial charge in [0.1, 0.15) is 5.58 Å². The van der Waals surface area contributed by atoms with Gasteiger partial charge in [0.2, 0.25) is 5.76 Å². The zero-order chi connectivity index (χ0) is 13.6. The molecule has 0 fully saturated rings. The Balaban J connectivity index is 0.00000180. The van der Waals surface area contributed by atoms with Gasteiger partial charge in [-0.2, -0.15) is 13.2 Å². The fraction of sp³-hybridized carbons (Fsp3) is 0.111. The van der Waals surface area contributed by atoms with E-state index in [2.05, 4.69) is 4.42 Å². The molecule has 2 rings (SSSR count). The molecule has 0 aliphatic rings. The Bertz CT molecular complexity index is 696. The molecule has 0 aliphatic carbocycles. The van der Waals surface area contributed by atoms with Crippen LogP contribution in [-0.2, 0) is 16.4 Å². The van der Waals surface area contributed by atoms with Crippen LogP contribution >= 0.6 is 0 Å². The van der Waals surface area contributed by atoms with E-state index in [1.807, 2.05) is 0 Å². The molecule has 1 aromatic carbocycles. The Kier molecular flexibility index (Phi) is 5.46. The summed E-state index contributed by atoms with van der Waals surface area (Å²) in [6.45, 7) is 0. The summed E-state index contributed by atoms with van der Waals surface area (Å²) in [4.78, 5) is 0. The third-order valence-electron chi connectivity index (χ3n) is 2.09. The van der Waals surface area contributed by atoms with E-state index in [0.717, 1.165) is 0 Å². The molecule has 98 valence electrons. The first-order valence-electron chi connectivity index (χ1n) is 4.54. The molecule has 0 atom stereocenters. The summed E-state index contributed by atoms with van der Waals surface area (Å²) in [5, 5.41) is 6.63. The number of nitrogens with one attached hydrogen (secondary N) is 2. The summed E-state index contributed by atoms with van der Waals surface area (Å²) in [7, 11) is -4.32. The maximum absolute atomic E-state index is 12.4. The Morgan fingerprint density at radius 1 is 1.26 bits per heavy atom. The number of benzene rings is 1. The summed E-state index contributed by atoms with van der Waals surface area (Å²) in [6, 6.07) is 4.51. The van der Waals surface area contributed by atoms with Crippen LogP contribution < -0.4 is 73.6 Å². The molecule has 2 aromatic rings. The molecule has 1 heterocycles. The van der Waals surface area contributed by atoms with E-state index >= 15 is 0 Å². The van der Waals surface area contributed by atoms with Crippen LogP contribution in [0.1, 0.15) is 5.76 Å². The van der Waals surface area contributed by atoms with E-state index in [0.29, 0.717) is 6.07 Å². The first-order chi connectivity index (χ1) is 8.17. The summed E-state index contributed by atoms with van der Waals surface area (Å²) in [5.41, 5.74) is -0.252. The van der Waals surface area contributed by atoms with Gasteiger partial charge < -0.3 is 9.56 Å². The van der Waals surface area contributed by atoms with E-state index < -0.39 is 22.1 Å². The molecule has 2 N–H and O–H groups in total. The maximum atomic E-state index is 12.4. The molecule has 0 spiro atoms. The fourth-order valence-corrected chi connectivity index (χ4v) is 1.90. The van der Waals surface area contributed by atoms with Crippen molar-refractivity contribution in [2.75, 3.05) is 4.72 Å². The molecule has 1 aromatic heterocycles. The third-order valence-corrected chi connectivity index (χ3v) is 2.57. The molecule has 10 heteroatoms. The van der Waals surface area contributed by atoms with Gasteiger partial charge in [0.25, 0.3) is 0 Å². The number of alkyl halides is 3. The van der Waals surface area contributed by atoms with Crippen LogP contribution in [0.3, 0.4) is 0 Å². The molecule has 0 aliphatic heterocycles. The van der Waals surface area contributed by atoms with Crippen molar-refractivity contribution in [3.63, 3.8) is 0 Å². The van der Waals surface area contributed by atoms with E-state index in [9.17, 15) is 21.6 Å². The van der Waals surface area contributed by atoms with Gasteiger partial charge >= 0.3 is 75.1 Å². The van der Waals surface area contributed by atoms with Gasteiger partial charge in [-0.25, -0.2) is 8.42 Å². The van der Waals surface area contributed by atoms with Crippen molar-refractivity contribution in [1.29, 1.82) is 0 Å². The quantitative estimate of drug-likeness (QED) is 0.764. The first kappa shape index (κ1) is 17.4. The third kappa shape index (κ3) is 4.39. The van der Waals surface area contributed by atoms with Crippen molar-refractivity contribution in [2.24, 2.45) is 0 Å². The predicted molar refractivity (Wildman–Crippen MR) is 58.1 cm³/mol. The monoisotopic (exact) mass is 412 g/mol. The normalized spacial score (nSPS) is 12.2. The number of rotatable bonds is 2. The average molecular weight is 412 g/mol. The van der Waals surface area contributed by atoms with Crippen molar-refractivity contribution in [3.05, 3.63) is 35.2 Å². The summed E-state index contributed by atoms with van der Waals surface area (Å²) < 4.78 is 65.1. The average Bonchev–Trinajstić information content (AvgIpc) is 2.59. The van der Waals surface area contributed by atoms with Crippen LogP contribution in [0.15, 0.2) is 28.7 Å². The Hall–Kier alpha value is 0.312.